The third-order valence-corrected chi connectivity index (χ3v) is 4.36. The first-order valence-corrected chi connectivity index (χ1v) is 7.69. The summed E-state index contributed by atoms with van der Waals surface area (Å²) in [6.07, 6.45) is 2.73. The van der Waals surface area contributed by atoms with Crippen LogP contribution in [0.4, 0.5) is 0 Å². The van der Waals surface area contributed by atoms with Crippen molar-refractivity contribution in [2.75, 3.05) is 39.8 Å². The molecule has 2 heterocycles. The molecule has 0 bridgehead atoms. The molecule has 0 spiro atoms. The average molecular weight is 278 g/mol. The Morgan fingerprint density at radius 1 is 1.37 bits per heavy atom. The lowest BCUT2D eigenvalue weighted by molar-refractivity contribution is 0.253. The molecule has 0 atom stereocenters. The molecule has 1 saturated heterocycles. The van der Waals surface area contributed by atoms with Gasteiger partial charge in [-0.15, -0.1) is 11.3 Å². The largest absolute Gasteiger partial charge is 0.384 e. The van der Waals surface area contributed by atoms with E-state index in [9.17, 15) is 0 Å². The summed E-state index contributed by atoms with van der Waals surface area (Å²) in [5, 5.41) is 8.67. The highest BCUT2D eigenvalue weighted by molar-refractivity contribution is 7.12. The van der Waals surface area contributed by atoms with E-state index >= 15 is 0 Å². The van der Waals surface area contributed by atoms with Crippen molar-refractivity contribution in [1.82, 2.24) is 9.80 Å². The Bertz CT molecular complexity index is 440. The second kappa shape index (κ2) is 7.66. The van der Waals surface area contributed by atoms with Gasteiger partial charge >= 0.3 is 0 Å². The fourth-order valence-corrected chi connectivity index (χ4v) is 3.28. The van der Waals surface area contributed by atoms with Gasteiger partial charge in [0.05, 0.1) is 4.88 Å². The summed E-state index contributed by atoms with van der Waals surface area (Å²) in [6, 6.07) is 4.18. The highest BCUT2D eigenvalue weighted by atomic mass is 32.1. The third kappa shape index (κ3) is 4.96. The van der Waals surface area contributed by atoms with Gasteiger partial charge in [-0.25, -0.2) is 0 Å². The topological polar surface area (TPSA) is 26.7 Å². The smallest absolute Gasteiger partial charge is 0.104 e. The van der Waals surface area contributed by atoms with Crippen LogP contribution >= 0.6 is 11.3 Å². The van der Waals surface area contributed by atoms with Crippen molar-refractivity contribution >= 4 is 11.3 Å². The summed E-state index contributed by atoms with van der Waals surface area (Å²) in [6.45, 7) is 5.76. The molecule has 1 aromatic rings. The highest BCUT2D eigenvalue weighted by Gasteiger charge is 2.12. The lowest BCUT2D eigenvalue weighted by Crippen LogP contribution is -2.30. The van der Waals surface area contributed by atoms with Crippen molar-refractivity contribution < 1.29 is 5.11 Å². The fraction of sp³-hybridized carbons (Fsp3) is 0.600. The zero-order chi connectivity index (χ0) is 13.5. The minimum Gasteiger partial charge on any atom is -0.384 e. The van der Waals surface area contributed by atoms with E-state index in [1.807, 2.05) is 6.07 Å². The SMILES string of the molecule is CN(CCN1CCCC1)Cc1ccc(C#CCO)s1. The third-order valence-electron chi connectivity index (χ3n) is 3.37. The Hall–Kier alpha value is -0.860. The van der Waals surface area contributed by atoms with Gasteiger partial charge in [-0.05, 0) is 45.1 Å². The van der Waals surface area contributed by atoms with Crippen LogP contribution in [0.25, 0.3) is 0 Å². The quantitative estimate of drug-likeness (QED) is 0.829. The van der Waals surface area contributed by atoms with Gasteiger partial charge in [0.25, 0.3) is 0 Å². The minimum atomic E-state index is -0.0665. The van der Waals surface area contributed by atoms with E-state index in [1.165, 1.54) is 37.4 Å². The van der Waals surface area contributed by atoms with Gasteiger partial charge in [-0.2, -0.15) is 0 Å². The number of likely N-dealkylation sites (tertiary alicyclic amines) is 1. The predicted octanol–water partition coefficient (Wildman–Crippen LogP) is 1.62. The number of nitrogens with zero attached hydrogens (tertiary/aromatic N) is 2. The van der Waals surface area contributed by atoms with Crippen molar-refractivity contribution in [2.24, 2.45) is 0 Å². The number of aliphatic hydroxyl groups is 1. The zero-order valence-electron chi connectivity index (χ0n) is 11.6. The van der Waals surface area contributed by atoms with Crippen LogP contribution in [-0.2, 0) is 6.54 Å². The summed E-state index contributed by atoms with van der Waals surface area (Å²) >= 11 is 1.72. The molecule has 3 nitrogen and oxygen atoms in total. The number of rotatable bonds is 5. The van der Waals surface area contributed by atoms with E-state index in [0.717, 1.165) is 18.0 Å². The van der Waals surface area contributed by atoms with Gasteiger partial charge in [-0.3, -0.25) is 0 Å². The second-order valence-electron chi connectivity index (χ2n) is 5.01. The lowest BCUT2D eigenvalue weighted by atomic mass is 10.4. The Kier molecular flexibility index (Phi) is 5.87. The molecule has 1 N–H and O–H groups in total. The first-order valence-electron chi connectivity index (χ1n) is 6.87. The van der Waals surface area contributed by atoms with Crippen molar-refractivity contribution in [3.63, 3.8) is 0 Å². The van der Waals surface area contributed by atoms with Crippen LogP contribution in [0.2, 0.25) is 0 Å². The van der Waals surface area contributed by atoms with Crippen molar-refractivity contribution in [1.29, 1.82) is 0 Å². The van der Waals surface area contributed by atoms with Gasteiger partial charge in [0.1, 0.15) is 6.61 Å². The molecule has 4 heteroatoms. The van der Waals surface area contributed by atoms with Gasteiger partial charge in [0.15, 0.2) is 0 Å². The first kappa shape index (κ1) is 14.5. The molecule has 2 rings (SSSR count). The maximum Gasteiger partial charge on any atom is 0.104 e. The van der Waals surface area contributed by atoms with E-state index in [2.05, 4.69) is 34.8 Å². The molecule has 0 radical (unpaired) electrons. The summed E-state index contributed by atoms with van der Waals surface area (Å²) in [7, 11) is 2.18. The van der Waals surface area contributed by atoms with Gasteiger partial charge in [-0.1, -0.05) is 11.8 Å². The maximum absolute atomic E-state index is 8.67. The molecular weight excluding hydrogens is 256 g/mol. The van der Waals surface area contributed by atoms with Crippen molar-refractivity contribution in [3.05, 3.63) is 21.9 Å². The number of hydrogen-bond donors (Lipinski definition) is 1. The Labute approximate surface area is 119 Å². The van der Waals surface area contributed by atoms with E-state index < -0.39 is 0 Å². The monoisotopic (exact) mass is 278 g/mol. The summed E-state index contributed by atoms with van der Waals surface area (Å²) in [5.74, 6) is 5.65. The van der Waals surface area contributed by atoms with Crippen LogP contribution in [-0.4, -0.2) is 54.7 Å². The number of hydrogen-bond acceptors (Lipinski definition) is 4. The number of thiophene rings is 1. The molecule has 0 aromatic carbocycles. The van der Waals surface area contributed by atoms with E-state index in [1.54, 1.807) is 11.3 Å². The Morgan fingerprint density at radius 2 is 2.16 bits per heavy atom. The summed E-state index contributed by atoms with van der Waals surface area (Å²) in [4.78, 5) is 7.29. The van der Waals surface area contributed by atoms with Crippen LogP contribution in [0.15, 0.2) is 12.1 Å². The molecule has 1 aliphatic heterocycles. The molecule has 1 fully saturated rings. The minimum absolute atomic E-state index is 0.0665. The average Bonchev–Trinajstić information content (AvgIpc) is 3.05. The van der Waals surface area contributed by atoms with Gasteiger partial charge < -0.3 is 14.9 Å². The van der Waals surface area contributed by atoms with Crippen molar-refractivity contribution in [3.8, 4) is 11.8 Å². The van der Waals surface area contributed by atoms with Gasteiger partial charge in [0, 0.05) is 24.5 Å². The normalized spacial score (nSPS) is 15.7. The molecule has 1 aromatic heterocycles. The molecule has 104 valence electrons. The maximum atomic E-state index is 8.67. The molecule has 0 aliphatic carbocycles. The van der Waals surface area contributed by atoms with Crippen LogP contribution in [0.5, 0.6) is 0 Å². The van der Waals surface area contributed by atoms with Crippen LogP contribution in [0, 0.1) is 11.8 Å². The molecule has 0 amide bonds. The standard InChI is InChI=1S/C15H22N2OS/c1-16(10-11-17-8-2-3-9-17)13-15-7-6-14(19-15)5-4-12-18/h6-7,18H,2-3,8-13H2,1H3. The molecular formula is C15H22N2OS. The number of likely N-dealkylation sites (N-methyl/N-ethyl adjacent to an activating group) is 1. The van der Waals surface area contributed by atoms with E-state index in [0.29, 0.717) is 0 Å². The Balaban J connectivity index is 1.74. The molecule has 0 unspecified atom stereocenters. The fourth-order valence-electron chi connectivity index (χ4n) is 2.32. The van der Waals surface area contributed by atoms with Crippen LogP contribution in [0.1, 0.15) is 22.6 Å². The summed E-state index contributed by atoms with van der Waals surface area (Å²) < 4.78 is 0. The predicted molar refractivity (Wildman–Crippen MR) is 80.3 cm³/mol. The van der Waals surface area contributed by atoms with E-state index in [-0.39, 0.29) is 6.61 Å². The zero-order valence-corrected chi connectivity index (χ0v) is 12.4. The van der Waals surface area contributed by atoms with Crippen molar-refractivity contribution in [2.45, 2.75) is 19.4 Å². The molecule has 1 aliphatic rings. The van der Waals surface area contributed by atoms with Crippen LogP contribution < -0.4 is 0 Å². The highest BCUT2D eigenvalue weighted by Crippen LogP contribution is 2.17. The van der Waals surface area contributed by atoms with Crippen LogP contribution in [0.3, 0.4) is 0 Å². The first-order chi connectivity index (χ1) is 9.28. The molecule has 19 heavy (non-hydrogen) atoms. The Morgan fingerprint density at radius 3 is 2.89 bits per heavy atom. The lowest BCUT2D eigenvalue weighted by Gasteiger charge is -2.20. The van der Waals surface area contributed by atoms with Gasteiger partial charge in [0.2, 0.25) is 0 Å². The summed E-state index contributed by atoms with van der Waals surface area (Å²) in [5.41, 5.74) is 0. The second-order valence-corrected chi connectivity index (χ2v) is 6.18. The number of aliphatic hydroxyl groups excluding tert-OH is 1. The van der Waals surface area contributed by atoms with E-state index in [4.69, 9.17) is 5.11 Å². The molecule has 0 saturated carbocycles.